The number of amides is 2. The number of carbonyl (C=O) groups excluding carboxylic acids is 2. The summed E-state index contributed by atoms with van der Waals surface area (Å²) in [5, 5.41) is 7.05. The predicted molar refractivity (Wildman–Crippen MR) is 116 cm³/mol. The molecule has 6 N–H and O–H groups in total. The lowest BCUT2D eigenvalue weighted by molar-refractivity contribution is -0.119. The number of anilines is 3. The van der Waals surface area contributed by atoms with Crippen LogP contribution in [0.1, 0.15) is 37.7 Å². The Hall–Kier alpha value is -3.75. The molecule has 2 amide bonds. The first-order valence-corrected chi connectivity index (χ1v) is 9.47. The van der Waals surface area contributed by atoms with Crippen molar-refractivity contribution in [2.75, 3.05) is 10.6 Å². The second kappa shape index (κ2) is 8.32. The van der Waals surface area contributed by atoms with Crippen LogP contribution in [0.3, 0.4) is 0 Å². The van der Waals surface area contributed by atoms with Crippen molar-refractivity contribution in [3.8, 4) is 0 Å². The molecule has 156 valence electrons. The molecule has 0 aliphatic carbocycles. The van der Waals surface area contributed by atoms with E-state index in [1.807, 2.05) is 51.1 Å². The van der Waals surface area contributed by atoms with Gasteiger partial charge in [0.05, 0.1) is 11.7 Å². The monoisotopic (exact) mass is 407 g/mol. The molecular formula is C21H25N7O2. The summed E-state index contributed by atoms with van der Waals surface area (Å²) in [7, 11) is 0. The van der Waals surface area contributed by atoms with E-state index in [0.29, 0.717) is 17.9 Å². The van der Waals surface area contributed by atoms with Crippen molar-refractivity contribution in [3.05, 3.63) is 48.4 Å². The number of rotatable bonds is 7. The number of nitrogens with two attached hydrogens (primary N) is 2. The second-order valence-corrected chi connectivity index (χ2v) is 8.22. The summed E-state index contributed by atoms with van der Waals surface area (Å²) in [6.45, 7) is 6.02. The zero-order chi connectivity index (χ0) is 21.9. The van der Waals surface area contributed by atoms with Crippen molar-refractivity contribution in [1.82, 2.24) is 15.0 Å². The van der Waals surface area contributed by atoms with Crippen LogP contribution in [-0.2, 0) is 4.79 Å². The lowest BCUT2D eigenvalue weighted by atomic mass is 9.88. The summed E-state index contributed by atoms with van der Waals surface area (Å²) in [5.74, 6) is -0.756. The van der Waals surface area contributed by atoms with Crippen LogP contribution in [0.15, 0.2) is 42.7 Å². The Morgan fingerprint density at radius 1 is 1.13 bits per heavy atom. The third-order valence-electron chi connectivity index (χ3n) is 4.36. The van der Waals surface area contributed by atoms with Gasteiger partial charge in [-0.3, -0.25) is 14.6 Å². The standard InChI is InChI=1S/C21H25N7O2/c1-21(2,3)10-15(18(22)29)27-16-11-25-17(19(23)30)20(28-16)26-13-7-6-12-5-4-8-24-14(12)9-13/h4-9,11,15H,10H2,1-3H3,(H2,22,29)(H2,23,30)(H2,26,27,28). The van der Waals surface area contributed by atoms with Crippen LogP contribution in [0.4, 0.5) is 17.3 Å². The van der Waals surface area contributed by atoms with Gasteiger partial charge in [-0.15, -0.1) is 0 Å². The Kier molecular flexibility index (Phi) is 5.81. The molecule has 0 spiro atoms. The average molecular weight is 407 g/mol. The molecule has 9 heteroatoms. The largest absolute Gasteiger partial charge is 0.368 e. The Bertz CT molecular complexity index is 1090. The third-order valence-corrected chi connectivity index (χ3v) is 4.36. The molecule has 1 atom stereocenters. The molecular weight excluding hydrogens is 382 g/mol. The SMILES string of the molecule is CC(C)(C)CC(Nc1cnc(C(N)=O)c(Nc2ccc3cccnc3c2)n1)C(N)=O. The quantitative estimate of drug-likeness (QED) is 0.470. The van der Waals surface area contributed by atoms with Crippen molar-refractivity contribution in [2.24, 2.45) is 16.9 Å². The molecule has 0 saturated carbocycles. The fourth-order valence-corrected chi connectivity index (χ4v) is 3.02. The first kappa shape index (κ1) is 21.0. The molecule has 2 heterocycles. The zero-order valence-corrected chi connectivity index (χ0v) is 17.1. The number of aromatic nitrogens is 3. The normalized spacial score (nSPS) is 12.4. The molecule has 3 aromatic rings. The Morgan fingerprint density at radius 2 is 1.90 bits per heavy atom. The van der Waals surface area contributed by atoms with Gasteiger partial charge in [0.25, 0.3) is 5.91 Å². The molecule has 1 aromatic carbocycles. The molecule has 0 aliphatic heterocycles. The van der Waals surface area contributed by atoms with Gasteiger partial charge in [0.1, 0.15) is 11.9 Å². The van der Waals surface area contributed by atoms with Gasteiger partial charge in [0.15, 0.2) is 11.5 Å². The fourth-order valence-electron chi connectivity index (χ4n) is 3.02. The minimum absolute atomic E-state index is 0.0203. The number of pyridine rings is 1. The minimum Gasteiger partial charge on any atom is -0.368 e. The molecule has 0 saturated heterocycles. The number of hydrogen-bond donors (Lipinski definition) is 4. The number of fused-ring (bicyclic) bond motifs is 1. The smallest absolute Gasteiger partial charge is 0.271 e. The van der Waals surface area contributed by atoms with E-state index in [4.69, 9.17) is 11.5 Å². The molecule has 2 aromatic heterocycles. The van der Waals surface area contributed by atoms with Gasteiger partial charge < -0.3 is 22.1 Å². The van der Waals surface area contributed by atoms with Crippen molar-refractivity contribution < 1.29 is 9.59 Å². The number of benzene rings is 1. The van der Waals surface area contributed by atoms with Gasteiger partial charge >= 0.3 is 0 Å². The summed E-state index contributed by atoms with van der Waals surface area (Å²) in [6, 6.07) is 8.72. The number of nitrogens with zero attached hydrogens (tertiary/aromatic N) is 3. The maximum absolute atomic E-state index is 11.9. The summed E-state index contributed by atoms with van der Waals surface area (Å²) in [4.78, 5) is 36.5. The van der Waals surface area contributed by atoms with Crippen LogP contribution in [-0.4, -0.2) is 32.8 Å². The molecule has 30 heavy (non-hydrogen) atoms. The molecule has 0 aliphatic rings. The molecule has 0 bridgehead atoms. The van der Waals surface area contributed by atoms with Crippen molar-refractivity contribution in [2.45, 2.75) is 33.2 Å². The molecule has 1 unspecified atom stereocenters. The zero-order valence-electron chi connectivity index (χ0n) is 17.1. The Morgan fingerprint density at radius 3 is 2.57 bits per heavy atom. The van der Waals surface area contributed by atoms with Gasteiger partial charge in [0.2, 0.25) is 5.91 Å². The van der Waals surface area contributed by atoms with E-state index in [1.54, 1.807) is 6.20 Å². The van der Waals surface area contributed by atoms with E-state index < -0.39 is 17.9 Å². The van der Waals surface area contributed by atoms with Gasteiger partial charge in [-0.25, -0.2) is 9.97 Å². The maximum atomic E-state index is 11.9. The van der Waals surface area contributed by atoms with Gasteiger partial charge in [-0.05, 0) is 30.0 Å². The highest BCUT2D eigenvalue weighted by Gasteiger charge is 2.24. The van der Waals surface area contributed by atoms with Gasteiger partial charge in [0, 0.05) is 17.3 Å². The van der Waals surface area contributed by atoms with Gasteiger partial charge in [-0.1, -0.05) is 32.9 Å². The van der Waals surface area contributed by atoms with Gasteiger partial charge in [-0.2, -0.15) is 0 Å². The summed E-state index contributed by atoms with van der Waals surface area (Å²) in [5.41, 5.74) is 12.3. The van der Waals surface area contributed by atoms with Crippen LogP contribution in [0.2, 0.25) is 0 Å². The first-order chi connectivity index (χ1) is 14.1. The lowest BCUT2D eigenvalue weighted by Crippen LogP contribution is -2.38. The second-order valence-electron chi connectivity index (χ2n) is 8.22. The van der Waals surface area contributed by atoms with E-state index >= 15 is 0 Å². The topological polar surface area (TPSA) is 149 Å². The van der Waals surface area contributed by atoms with E-state index in [0.717, 1.165) is 10.9 Å². The van der Waals surface area contributed by atoms with Crippen LogP contribution in [0.25, 0.3) is 10.9 Å². The Balaban J connectivity index is 1.92. The highest BCUT2D eigenvalue weighted by atomic mass is 16.1. The maximum Gasteiger partial charge on any atom is 0.271 e. The van der Waals surface area contributed by atoms with E-state index in [1.165, 1.54) is 6.20 Å². The lowest BCUT2D eigenvalue weighted by Gasteiger charge is -2.25. The van der Waals surface area contributed by atoms with Crippen LogP contribution in [0.5, 0.6) is 0 Å². The summed E-state index contributed by atoms with van der Waals surface area (Å²) < 4.78 is 0. The highest BCUT2D eigenvalue weighted by molar-refractivity contribution is 5.96. The number of hydrogen-bond acceptors (Lipinski definition) is 7. The van der Waals surface area contributed by atoms with E-state index in [9.17, 15) is 9.59 Å². The number of primary amides is 2. The van der Waals surface area contributed by atoms with Crippen molar-refractivity contribution in [1.29, 1.82) is 0 Å². The first-order valence-electron chi connectivity index (χ1n) is 9.47. The average Bonchev–Trinajstić information content (AvgIpc) is 2.66. The highest BCUT2D eigenvalue weighted by Crippen LogP contribution is 2.25. The molecule has 0 fully saturated rings. The van der Waals surface area contributed by atoms with Crippen LogP contribution < -0.4 is 22.1 Å². The molecule has 0 radical (unpaired) electrons. The summed E-state index contributed by atoms with van der Waals surface area (Å²) in [6.07, 6.45) is 3.55. The predicted octanol–water partition coefficient (Wildman–Crippen LogP) is 2.57. The number of nitrogens with one attached hydrogen (secondary N) is 2. The van der Waals surface area contributed by atoms with Crippen molar-refractivity contribution >= 4 is 40.0 Å². The van der Waals surface area contributed by atoms with Crippen molar-refractivity contribution in [3.63, 3.8) is 0 Å². The Labute approximate surface area is 174 Å². The van der Waals surface area contributed by atoms with E-state index in [-0.39, 0.29) is 16.9 Å². The minimum atomic E-state index is -0.725. The molecule has 3 rings (SSSR count). The van der Waals surface area contributed by atoms with E-state index in [2.05, 4.69) is 25.6 Å². The fraction of sp³-hybridized carbons (Fsp3) is 0.286. The van der Waals surface area contributed by atoms with Crippen LogP contribution >= 0.6 is 0 Å². The summed E-state index contributed by atoms with van der Waals surface area (Å²) >= 11 is 0. The molecule has 9 nitrogen and oxygen atoms in total. The van der Waals surface area contributed by atoms with Crippen LogP contribution in [0, 0.1) is 5.41 Å². The number of carbonyl (C=O) groups is 2. The third kappa shape index (κ3) is 5.19.